The van der Waals surface area contributed by atoms with Crippen LogP contribution in [0.1, 0.15) is 125 Å². The van der Waals surface area contributed by atoms with E-state index < -0.39 is 30.5 Å². The van der Waals surface area contributed by atoms with Crippen LogP contribution < -0.4 is 10.6 Å². The minimum Gasteiger partial charge on any atom is -0.453 e. The molecule has 0 radical (unpaired) electrons. The van der Waals surface area contributed by atoms with Crippen LogP contribution >= 0.6 is 0 Å². The van der Waals surface area contributed by atoms with Gasteiger partial charge in [0.25, 0.3) is 0 Å². The number of aryl methyl sites for hydroxylation is 2. The van der Waals surface area contributed by atoms with E-state index in [-0.39, 0.29) is 35.7 Å². The van der Waals surface area contributed by atoms with E-state index in [0.29, 0.717) is 13.1 Å². The smallest absolute Gasteiger partial charge is 0.407 e. The summed E-state index contributed by atoms with van der Waals surface area (Å²) in [5, 5.41) is 17.4. The Morgan fingerprint density at radius 1 is 0.739 bits per heavy atom. The molecule has 14 nitrogen and oxygen atoms in total. The molecule has 2 aliphatic heterocycles. The summed E-state index contributed by atoms with van der Waals surface area (Å²) in [6, 6.07) is 25.4. The number of nitrogens with zero attached hydrogens (tertiary/aromatic N) is 4. The number of aromatic amines is 2. The Hall–Kier alpha value is -6.25. The van der Waals surface area contributed by atoms with Gasteiger partial charge in [0, 0.05) is 13.1 Å². The number of carbonyl (C=O) groups is 3. The molecule has 12 rings (SSSR count). The first-order valence-electron chi connectivity index (χ1n) is 25.1. The Labute approximate surface area is 405 Å². The lowest BCUT2D eigenvalue weighted by molar-refractivity contribution is -0.135. The topological polar surface area (TPSA) is 178 Å². The van der Waals surface area contributed by atoms with Crippen molar-refractivity contribution in [3.05, 3.63) is 107 Å². The molecule has 4 aromatic carbocycles. The normalized spacial score (nSPS) is 20.6. The third kappa shape index (κ3) is 9.70. The van der Waals surface area contributed by atoms with Crippen LogP contribution in [0.15, 0.2) is 72.8 Å². The number of H-pyrrole nitrogens is 2. The van der Waals surface area contributed by atoms with E-state index in [9.17, 15) is 19.5 Å². The second-order valence-corrected chi connectivity index (χ2v) is 19.8. The third-order valence-electron chi connectivity index (χ3n) is 15.5. The summed E-state index contributed by atoms with van der Waals surface area (Å²) in [5.41, 5.74) is 13.5. The van der Waals surface area contributed by atoms with Crippen molar-refractivity contribution >= 4 is 40.2 Å². The number of fused-ring (bicyclic) bond motifs is 2. The zero-order valence-corrected chi connectivity index (χ0v) is 41.1. The number of benzene rings is 4. The Bertz CT molecular complexity index is 2840. The Morgan fingerprint density at radius 3 is 2.01 bits per heavy atom. The van der Waals surface area contributed by atoms with Gasteiger partial charge in [-0.3, -0.25) is 9.69 Å². The summed E-state index contributed by atoms with van der Waals surface area (Å²) in [5.74, 6) is 1.70. The predicted octanol–water partition coefficient (Wildman–Crippen LogP) is 9.88. The van der Waals surface area contributed by atoms with Crippen molar-refractivity contribution in [1.82, 2.24) is 40.4 Å². The van der Waals surface area contributed by atoms with E-state index in [1.54, 1.807) is 0 Å². The molecule has 6 aliphatic rings. The minimum absolute atomic E-state index is 0.0398. The van der Waals surface area contributed by atoms with Crippen molar-refractivity contribution in [3.8, 4) is 22.3 Å². The van der Waals surface area contributed by atoms with E-state index >= 15 is 0 Å². The van der Waals surface area contributed by atoms with Crippen LogP contribution in [0.3, 0.4) is 0 Å². The van der Waals surface area contributed by atoms with Gasteiger partial charge in [0.2, 0.25) is 5.91 Å². The molecular weight excluding hydrogens is 869 g/mol. The second kappa shape index (κ2) is 20.4. The number of likely N-dealkylation sites (tertiary alicyclic amines) is 2. The number of imidazole rings is 2. The highest BCUT2D eigenvalue weighted by molar-refractivity contribution is 5.87. The van der Waals surface area contributed by atoms with E-state index in [4.69, 9.17) is 19.4 Å². The molecule has 0 spiro atoms. The lowest BCUT2D eigenvalue weighted by Gasteiger charge is -2.36. The molecule has 5 N–H and O–H groups in total. The molecule has 14 heteroatoms. The first-order chi connectivity index (χ1) is 33.4. The zero-order chi connectivity index (χ0) is 48.5. The lowest BCUT2D eigenvalue weighted by Crippen LogP contribution is -2.54. The molecule has 4 aliphatic carbocycles. The summed E-state index contributed by atoms with van der Waals surface area (Å²) in [6.07, 6.45) is 5.50. The second-order valence-electron chi connectivity index (χ2n) is 19.8. The van der Waals surface area contributed by atoms with Gasteiger partial charge in [-0.15, -0.1) is 0 Å². The molecule has 8 atom stereocenters. The van der Waals surface area contributed by atoms with Gasteiger partial charge in [-0.1, -0.05) is 96.0 Å². The fraction of sp³-hybridized carbons (Fsp3) is 0.473. The van der Waals surface area contributed by atoms with Crippen molar-refractivity contribution in [3.63, 3.8) is 0 Å². The number of rotatable bonds is 13. The first kappa shape index (κ1) is 47.8. The molecule has 2 aromatic heterocycles. The number of aliphatic hydroxyl groups is 1. The summed E-state index contributed by atoms with van der Waals surface area (Å²) < 4.78 is 9.78. The summed E-state index contributed by atoms with van der Waals surface area (Å²) >= 11 is 0. The Balaban J connectivity index is 0.955. The van der Waals surface area contributed by atoms with Crippen LogP contribution in [0.2, 0.25) is 0 Å². The molecule has 69 heavy (non-hydrogen) atoms. The molecular formula is C55H68N8O6. The summed E-state index contributed by atoms with van der Waals surface area (Å²) in [4.78, 5) is 59.8. The number of alkyl carbamates (subject to hydrolysis) is 2. The molecule has 8 unspecified atom stereocenters. The van der Waals surface area contributed by atoms with Crippen molar-refractivity contribution in [1.29, 1.82) is 0 Å². The fourth-order valence-corrected chi connectivity index (χ4v) is 11.0. The summed E-state index contributed by atoms with van der Waals surface area (Å²) in [6.45, 7) is 11.7. The number of hydrogen-bond acceptors (Lipinski definition) is 9. The number of carbonyl (C=O) groups excluding carboxylic acids is 3. The number of ether oxygens (including phenoxy) is 2. The molecule has 2 fully saturated rings. The SMILES string of the molecule is CCC(C)C(NC(=O)OC)C(=O)N1CCCC1c1nc2ccc(-c3cc4ccc3CC(C)c3ccc(c(-c5ccc6nc(C7CCCN7C(O)C(NC(=O)OC)C(C)CC)[nH]c6c5)c3)CC4)cc2[nH]1. The van der Waals surface area contributed by atoms with Crippen LogP contribution in [0.4, 0.5) is 9.59 Å². The van der Waals surface area contributed by atoms with Gasteiger partial charge in [0.05, 0.1) is 54.4 Å². The third-order valence-corrected chi connectivity index (χ3v) is 15.5. The standard InChI is InChI=1S/C55H68N8O6/c1-8-31(3)48(60-54(66)68-6)52(64)62-24-10-12-46(62)50-56-42-22-20-38(29-44(42)58-50)40-27-34-14-16-35-18-19-36(33(5)26-37(40)17-15-34)28-41(35)39-21-23-43-45(30-39)59-51(57-43)47-13-11-25-63(47)53(65)49(32(4)9-2)61-55(67)69-7/h15,17-23,27-33,46-49,53,65H,8-14,16,24-26H2,1-7H3,(H,56,58)(H,57,59)(H,60,66)(H,61,67). The maximum atomic E-state index is 14.0. The van der Waals surface area contributed by atoms with Gasteiger partial charge in [-0.2, -0.15) is 0 Å². The number of methoxy groups -OCH3 is 2. The molecule has 0 saturated carbocycles. The highest BCUT2D eigenvalue weighted by atomic mass is 16.5. The first-order valence-corrected chi connectivity index (χ1v) is 25.1. The number of nitrogens with one attached hydrogen (secondary N) is 4. The van der Waals surface area contributed by atoms with Crippen LogP contribution in [-0.2, 0) is 33.5 Å². The van der Waals surface area contributed by atoms with Gasteiger partial charge < -0.3 is 40.1 Å². The minimum atomic E-state index is -0.892. The number of hydrogen-bond donors (Lipinski definition) is 5. The van der Waals surface area contributed by atoms with E-state index in [1.165, 1.54) is 47.6 Å². The zero-order valence-electron chi connectivity index (χ0n) is 41.1. The molecule has 4 heterocycles. The number of aromatic nitrogens is 4. The van der Waals surface area contributed by atoms with Crippen molar-refractivity contribution in [2.75, 3.05) is 27.3 Å². The highest BCUT2D eigenvalue weighted by Crippen LogP contribution is 2.39. The van der Waals surface area contributed by atoms with Crippen molar-refractivity contribution in [2.45, 2.75) is 129 Å². The molecule has 3 amide bonds. The van der Waals surface area contributed by atoms with Crippen LogP contribution in [0.25, 0.3) is 44.3 Å². The van der Waals surface area contributed by atoms with Gasteiger partial charge in [0.1, 0.15) is 23.9 Å². The van der Waals surface area contributed by atoms with E-state index in [2.05, 4.69) is 112 Å². The number of aliphatic hydroxyl groups excluding tert-OH is 1. The molecule has 364 valence electrons. The Morgan fingerprint density at radius 2 is 1.35 bits per heavy atom. The molecule has 4 bridgehead atoms. The average molecular weight is 937 g/mol. The fourth-order valence-electron chi connectivity index (χ4n) is 11.0. The van der Waals surface area contributed by atoms with Crippen LogP contribution in [0.5, 0.6) is 0 Å². The van der Waals surface area contributed by atoms with Gasteiger partial charge >= 0.3 is 12.2 Å². The van der Waals surface area contributed by atoms with E-state index in [1.807, 2.05) is 25.7 Å². The Kier molecular flexibility index (Phi) is 14.1. The predicted molar refractivity (Wildman–Crippen MR) is 269 cm³/mol. The van der Waals surface area contributed by atoms with Gasteiger partial charge in [-0.25, -0.2) is 19.6 Å². The average Bonchev–Trinajstić information content (AvgIpc) is 4.21. The van der Waals surface area contributed by atoms with Gasteiger partial charge in [-0.05, 0) is 131 Å². The lowest BCUT2D eigenvalue weighted by atomic mass is 9.84. The quantitative estimate of drug-likeness (QED) is 0.0754. The van der Waals surface area contributed by atoms with Crippen LogP contribution in [-0.4, -0.2) is 98.6 Å². The largest absolute Gasteiger partial charge is 0.453 e. The van der Waals surface area contributed by atoms with Crippen LogP contribution in [0, 0.1) is 11.8 Å². The summed E-state index contributed by atoms with van der Waals surface area (Å²) in [7, 11) is 2.66. The maximum Gasteiger partial charge on any atom is 0.407 e. The molecule has 6 aromatic rings. The van der Waals surface area contributed by atoms with Crippen molar-refractivity contribution in [2.24, 2.45) is 11.8 Å². The van der Waals surface area contributed by atoms with Crippen molar-refractivity contribution < 1.29 is 29.0 Å². The van der Waals surface area contributed by atoms with Gasteiger partial charge in [0.15, 0.2) is 0 Å². The number of amides is 3. The molecule has 2 saturated heterocycles. The highest BCUT2D eigenvalue weighted by Gasteiger charge is 2.40. The maximum absolute atomic E-state index is 14.0. The van der Waals surface area contributed by atoms with E-state index in [0.717, 1.165) is 103 Å². The monoisotopic (exact) mass is 937 g/mol.